The lowest BCUT2D eigenvalue weighted by Crippen LogP contribution is -2.60. The van der Waals surface area contributed by atoms with Crippen molar-refractivity contribution in [2.24, 2.45) is 34.5 Å². The van der Waals surface area contributed by atoms with Gasteiger partial charge >= 0.3 is 0 Å². The van der Waals surface area contributed by atoms with Gasteiger partial charge in [-0.2, -0.15) is 0 Å². The highest BCUT2D eigenvalue weighted by Gasteiger charge is 2.65. The molecule has 3 nitrogen and oxygen atoms in total. The molecular weight excluding hydrogens is 288 g/mol. The van der Waals surface area contributed by atoms with Gasteiger partial charge in [-0.05, 0) is 74.5 Å². The van der Waals surface area contributed by atoms with E-state index in [-0.39, 0.29) is 16.9 Å². The van der Waals surface area contributed by atoms with Crippen molar-refractivity contribution >= 4 is 5.78 Å². The first-order valence-corrected chi connectivity index (χ1v) is 9.61. The van der Waals surface area contributed by atoms with Gasteiger partial charge in [0.15, 0.2) is 0 Å². The molecule has 0 aromatic carbocycles. The highest BCUT2D eigenvalue weighted by molar-refractivity contribution is 5.79. The van der Waals surface area contributed by atoms with Crippen molar-refractivity contribution < 1.29 is 15.0 Å². The highest BCUT2D eigenvalue weighted by atomic mass is 16.3. The summed E-state index contributed by atoms with van der Waals surface area (Å²) in [5.41, 5.74) is -0.683. The summed E-state index contributed by atoms with van der Waals surface area (Å²) < 4.78 is 0. The van der Waals surface area contributed by atoms with E-state index < -0.39 is 5.60 Å². The van der Waals surface area contributed by atoms with Crippen molar-refractivity contribution in [2.45, 2.75) is 83.8 Å². The van der Waals surface area contributed by atoms with Crippen LogP contribution in [0.3, 0.4) is 0 Å². The van der Waals surface area contributed by atoms with Gasteiger partial charge in [-0.1, -0.05) is 13.8 Å². The van der Waals surface area contributed by atoms with Crippen LogP contribution in [0.25, 0.3) is 0 Å². The second kappa shape index (κ2) is 4.82. The average Bonchev–Trinajstić information content (AvgIpc) is 2.69. The maximum atomic E-state index is 11.9. The zero-order chi connectivity index (χ0) is 16.6. The summed E-state index contributed by atoms with van der Waals surface area (Å²) in [6.45, 7) is 6.54. The highest BCUT2D eigenvalue weighted by Crippen LogP contribution is 2.67. The van der Waals surface area contributed by atoms with Gasteiger partial charge in [0.25, 0.3) is 0 Å². The average molecular weight is 320 g/mol. The van der Waals surface area contributed by atoms with Crippen LogP contribution in [0.15, 0.2) is 0 Å². The molecular formula is C20H32O3. The predicted molar refractivity (Wildman–Crippen MR) is 88.7 cm³/mol. The largest absolute Gasteiger partial charge is 0.393 e. The van der Waals surface area contributed by atoms with Crippen LogP contribution in [-0.4, -0.2) is 27.7 Å². The van der Waals surface area contributed by atoms with E-state index in [1.165, 1.54) is 0 Å². The molecule has 0 saturated heterocycles. The zero-order valence-electron chi connectivity index (χ0n) is 14.8. The fourth-order valence-electron chi connectivity index (χ4n) is 7.39. The Morgan fingerprint density at radius 2 is 1.83 bits per heavy atom. The molecule has 0 bridgehead atoms. The van der Waals surface area contributed by atoms with E-state index in [9.17, 15) is 15.0 Å². The van der Waals surface area contributed by atoms with Gasteiger partial charge in [-0.25, -0.2) is 0 Å². The maximum Gasteiger partial charge on any atom is 0.133 e. The number of carbonyl (C=O) groups excluding carboxylic acids is 1. The van der Waals surface area contributed by atoms with Crippen LogP contribution >= 0.6 is 0 Å². The third-order valence-corrected chi connectivity index (χ3v) is 8.98. The Hall–Kier alpha value is -0.410. The van der Waals surface area contributed by atoms with Crippen LogP contribution < -0.4 is 0 Å². The summed E-state index contributed by atoms with van der Waals surface area (Å²) in [7, 11) is 0. The number of ketones is 1. The first-order chi connectivity index (χ1) is 10.7. The maximum absolute atomic E-state index is 11.9. The van der Waals surface area contributed by atoms with Crippen LogP contribution in [0.1, 0.15) is 72.1 Å². The van der Waals surface area contributed by atoms with E-state index in [2.05, 4.69) is 13.8 Å². The number of rotatable bonds is 0. The SMILES string of the molecule is C[C@]12CCC(=O)C[C@@H]1CC[C@@H]1[C@@H]2[C@H](O)C[C@]2(C)[C@H]1CC[C@]2(C)O. The molecule has 130 valence electrons. The van der Waals surface area contributed by atoms with Gasteiger partial charge in [-0.15, -0.1) is 0 Å². The van der Waals surface area contributed by atoms with E-state index in [0.717, 1.165) is 44.9 Å². The van der Waals surface area contributed by atoms with Gasteiger partial charge in [-0.3, -0.25) is 4.79 Å². The minimum Gasteiger partial charge on any atom is -0.393 e. The number of fused-ring (bicyclic) bond motifs is 5. The quantitative estimate of drug-likeness (QED) is 0.720. The molecule has 4 saturated carbocycles. The molecule has 4 fully saturated rings. The van der Waals surface area contributed by atoms with Gasteiger partial charge in [0.1, 0.15) is 5.78 Å². The number of aliphatic hydroxyl groups is 2. The number of Topliss-reactive ketones (excluding diaryl/α,β-unsaturated/α-hetero) is 1. The number of carbonyl (C=O) groups is 1. The number of hydrogen-bond acceptors (Lipinski definition) is 3. The Morgan fingerprint density at radius 1 is 1.09 bits per heavy atom. The van der Waals surface area contributed by atoms with Crippen molar-refractivity contribution in [3.8, 4) is 0 Å². The topological polar surface area (TPSA) is 57.5 Å². The molecule has 8 atom stereocenters. The standard InChI is InChI=1S/C20H32O3/c1-18-8-6-13(21)10-12(18)4-5-14-15-7-9-20(3,23)19(15,2)11-16(22)17(14)18/h12,14-17,22-23H,4-11H2,1-3H3/t12-,14-,15-,16+,17+,18-,19+,20-/m0/s1. The van der Waals surface area contributed by atoms with Crippen LogP contribution in [0.4, 0.5) is 0 Å². The molecule has 3 heteroatoms. The molecule has 0 amide bonds. The smallest absolute Gasteiger partial charge is 0.133 e. The van der Waals surface area contributed by atoms with Crippen molar-refractivity contribution in [2.75, 3.05) is 0 Å². The monoisotopic (exact) mass is 320 g/mol. The molecule has 23 heavy (non-hydrogen) atoms. The zero-order valence-corrected chi connectivity index (χ0v) is 14.8. The second-order valence-electron chi connectivity index (χ2n) is 9.82. The van der Waals surface area contributed by atoms with Crippen LogP contribution in [0.2, 0.25) is 0 Å². The normalized spacial score (nSPS) is 59.2. The molecule has 4 aliphatic rings. The van der Waals surface area contributed by atoms with Gasteiger partial charge in [0.05, 0.1) is 11.7 Å². The lowest BCUT2D eigenvalue weighted by Gasteiger charge is -2.62. The molecule has 0 heterocycles. The lowest BCUT2D eigenvalue weighted by molar-refractivity contribution is -0.192. The first-order valence-electron chi connectivity index (χ1n) is 9.61. The molecule has 2 N–H and O–H groups in total. The van der Waals surface area contributed by atoms with Gasteiger partial charge < -0.3 is 10.2 Å². The van der Waals surface area contributed by atoms with Crippen molar-refractivity contribution in [1.82, 2.24) is 0 Å². The minimum atomic E-state index is -0.649. The Balaban J connectivity index is 1.70. The summed E-state index contributed by atoms with van der Waals surface area (Å²) in [6, 6.07) is 0. The summed E-state index contributed by atoms with van der Waals surface area (Å²) in [6.07, 6.45) is 6.99. The molecule has 4 aliphatic carbocycles. The van der Waals surface area contributed by atoms with E-state index in [1.54, 1.807) is 0 Å². The molecule has 4 rings (SSSR count). The van der Waals surface area contributed by atoms with Crippen molar-refractivity contribution in [3.05, 3.63) is 0 Å². The molecule has 0 radical (unpaired) electrons. The Kier molecular flexibility index (Phi) is 3.37. The van der Waals surface area contributed by atoms with Crippen LogP contribution in [-0.2, 0) is 4.79 Å². The minimum absolute atomic E-state index is 0.117. The molecule has 0 spiro atoms. The predicted octanol–water partition coefficient (Wildman–Crippen LogP) is 3.32. The molecule has 0 aliphatic heterocycles. The van der Waals surface area contributed by atoms with E-state index in [1.807, 2.05) is 6.92 Å². The van der Waals surface area contributed by atoms with Crippen molar-refractivity contribution in [3.63, 3.8) is 0 Å². The molecule has 0 aromatic heterocycles. The summed E-state index contributed by atoms with van der Waals surface area (Å²) in [5.74, 6) is 2.26. The van der Waals surface area contributed by atoms with E-state index in [0.29, 0.717) is 35.9 Å². The van der Waals surface area contributed by atoms with Crippen molar-refractivity contribution in [1.29, 1.82) is 0 Å². The van der Waals surface area contributed by atoms with E-state index >= 15 is 0 Å². The lowest BCUT2D eigenvalue weighted by atomic mass is 9.44. The summed E-state index contributed by atoms with van der Waals surface area (Å²) in [4.78, 5) is 11.9. The first kappa shape index (κ1) is 16.1. The Morgan fingerprint density at radius 3 is 2.57 bits per heavy atom. The molecule has 0 aromatic rings. The Labute approximate surface area is 139 Å². The second-order valence-corrected chi connectivity index (χ2v) is 9.82. The number of aliphatic hydroxyl groups excluding tert-OH is 1. The van der Waals surface area contributed by atoms with Crippen LogP contribution in [0, 0.1) is 34.5 Å². The van der Waals surface area contributed by atoms with E-state index in [4.69, 9.17) is 0 Å². The molecule has 0 unspecified atom stereocenters. The van der Waals surface area contributed by atoms with Crippen LogP contribution in [0.5, 0.6) is 0 Å². The van der Waals surface area contributed by atoms with Gasteiger partial charge in [0, 0.05) is 18.3 Å². The Bertz CT molecular complexity index is 527. The third-order valence-electron chi connectivity index (χ3n) is 8.98. The number of hydrogen-bond donors (Lipinski definition) is 2. The third kappa shape index (κ3) is 1.99. The fraction of sp³-hybridized carbons (Fsp3) is 0.950. The summed E-state index contributed by atoms with van der Waals surface area (Å²) >= 11 is 0. The van der Waals surface area contributed by atoms with Gasteiger partial charge in [0.2, 0.25) is 0 Å². The summed E-state index contributed by atoms with van der Waals surface area (Å²) in [5, 5.41) is 22.1. The fourth-order valence-corrected chi connectivity index (χ4v) is 7.39.